The van der Waals surface area contributed by atoms with Gasteiger partial charge in [0, 0.05) is 4.47 Å². The number of carbonyl (C=O) groups excluding carboxylic acids is 1. The van der Waals surface area contributed by atoms with Gasteiger partial charge in [-0.2, -0.15) is 0 Å². The van der Waals surface area contributed by atoms with E-state index in [4.69, 9.17) is 16.3 Å². The lowest BCUT2D eigenvalue weighted by Crippen LogP contribution is -2.02. The lowest BCUT2D eigenvalue weighted by Gasteiger charge is -2.07. The van der Waals surface area contributed by atoms with Gasteiger partial charge in [0.25, 0.3) is 0 Å². The van der Waals surface area contributed by atoms with Gasteiger partial charge >= 0.3 is 0 Å². The van der Waals surface area contributed by atoms with Crippen molar-refractivity contribution in [3.63, 3.8) is 0 Å². The van der Waals surface area contributed by atoms with Crippen LogP contribution in [0.15, 0.2) is 28.7 Å². The summed E-state index contributed by atoms with van der Waals surface area (Å²) >= 11 is 10.5. The maximum absolute atomic E-state index is 12.4. The van der Waals surface area contributed by atoms with E-state index in [9.17, 15) is 4.79 Å². The number of hydrogen-bond acceptors (Lipinski definition) is 3. The van der Waals surface area contributed by atoms with E-state index in [-0.39, 0.29) is 5.78 Å². The van der Waals surface area contributed by atoms with Crippen molar-refractivity contribution in [2.45, 2.75) is 6.92 Å². The number of methoxy groups -OCH3 is 1. The van der Waals surface area contributed by atoms with E-state index in [0.29, 0.717) is 20.5 Å². The largest absolute Gasteiger partial charge is 0.496 e. The van der Waals surface area contributed by atoms with Gasteiger partial charge in [-0.1, -0.05) is 23.2 Å². The summed E-state index contributed by atoms with van der Waals surface area (Å²) < 4.78 is 6.53. The Morgan fingerprint density at radius 1 is 1.39 bits per heavy atom. The van der Waals surface area contributed by atoms with Gasteiger partial charge in [-0.15, -0.1) is 11.3 Å². The maximum Gasteiger partial charge on any atom is 0.206 e. The van der Waals surface area contributed by atoms with E-state index in [1.165, 1.54) is 11.3 Å². The van der Waals surface area contributed by atoms with Crippen LogP contribution < -0.4 is 4.74 Å². The molecular formula is C13H10BrClO2S. The third-order valence-corrected chi connectivity index (χ3v) is 4.94. The van der Waals surface area contributed by atoms with Crippen LogP contribution in [0.5, 0.6) is 5.75 Å². The summed E-state index contributed by atoms with van der Waals surface area (Å²) in [5, 5.41) is 0. The predicted octanol–water partition coefficient (Wildman–Crippen LogP) is 4.71. The monoisotopic (exact) mass is 344 g/mol. The van der Waals surface area contributed by atoms with Gasteiger partial charge in [-0.25, -0.2) is 0 Å². The Kier molecular flexibility index (Phi) is 4.10. The van der Waals surface area contributed by atoms with Crippen molar-refractivity contribution >= 4 is 44.7 Å². The van der Waals surface area contributed by atoms with Crippen molar-refractivity contribution in [3.05, 3.63) is 49.1 Å². The molecule has 2 aromatic rings. The summed E-state index contributed by atoms with van der Waals surface area (Å²) in [6.07, 6.45) is 0. The van der Waals surface area contributed by atoms with Crippen molar-refractivity contribution in [2.24, 2.45) is 0 Å². The second-order valence-electron chi connectivity index (χ2n) is 3.77. The molecule has 0 amide bonds. The molecule has 0 saturated carbocycles. The molecule has 1 aromatic carbocycles. The Hall–Kier alpha value is -0.840. The Morgan fingerprint density at radius 3 is 2.67 bits per heavy atom. The van der Waals surface area contributed by atoms with Crippen LogP contribution in [0.4, 0.5) is 0 Å². The summed E-state index contributed by atoms with van der Waals surface area (Å²) in [4.78, 5) is 13.0. The zero-order valence-electron chi connectivity index (χ0n) is 9.79. The zero-order chi connectivity index (χ0) is 13.3. The standard InChI is InChI=1S/C13H10BrClO2S/c1-7-3-4-10(17-2)8(5-7)12(16)11-6-9(14)13(15)18-11/h3-6H,1-2H3. The summed E-state index contributed by atoms with van der Waals surface area (Å²) in [7, 11) is 1.55. The number of halogens is 2. The average molecular weight is 346 g/mol. The average Bonchev–Trinajstić information content (AvgIpc) is 2.68. The highest BCUT2D eigenvalue weighted by molar-refractivity contribution is 9.10. The molecule has 2 nitrogen and oxygen atoms in total. The molecule has 0 unspecified atom stereocenters. The number of thiophene rings is 1. The lowest BCUT2D eigenvalue weighted by molar-refractivity contribution is 0.103. The molecular weight excluding hydrogens is 336 g/mol. The summed E-state index contributed by atoms with van der Waals surface area (Å²) in [5.74, 6) is 0.499. The first kappa shape index (κ1) is 13.6. The Bertz CT molecular complexity index is 588. The normalized spacial score (nSPS) is 10.4. The van der Waals surface area contributed by atoms with E-state index >= 15 is 0 Å². The van der Waals surface area contributed by atoms with Gasteiger partial charge < -0.3 is 4.74 Å². The van der Waals surface area contributed by atoms with Crippen LogP contribution in [-0.4, -0.2) is 12.9 Å². The maximum atomic E-state index is 12.4. The Balaban J connectivity index is 2.48. The molecule has 0 aliphatic carbocycles. The molecule has 5 heteroatoms. The van der Waals surface area contributed by atoms with Crippen LogP contribution in [0.2, 0.25) is 4.34 Å². The van der Waals surface area contributed by atoms with Gasteiger partial charge in [0.2, 0.25) is 5.78 Å². The fourth-order valence-corrected chi connectivity index (χ4v) is 3.25. The molecule has 1 aromatic heterocycles. The van der Waals surface area contributed by atoms with Crippen molar-refractivity contribution in [1.82, 2.24) is 0 Å². The quantitative estimate of drug-likeness (QED) is 0.753. The molecule has 0 atom stereocenters. The molecule has 0 N–H and O–H groups in total. The van der Waals surface area contributed by atoms with Crippen LogP contribution in [0.3, 0.4) is 0 Å². The van der Waals surface area contributed by atoms with Crippen LogP contribution >= 0.6 is 38.9 Å². The number of rotatable bonds is 3. The van der Waals surface area contributed by atoms with Crippen LogP contribution in [0, 0.1) is 6.92 Å². The van der Waals surface area contributed by atoms with E-state index in [1.54, 1.807) is 19.2 Å². The van der Waals surface area contributed by atoms with Crippen LogP contribution in [0.1, 0.15) is 20.8 Å². The minimum absolute atomic E-state index is 0.0758. The van der Waals surface area contributed by atoms with Crippen LogP contribution in [-0.2, 0) is 0 Å². The number of benzene rings is 1. The second kappa shape index (κ2) is 5.43. The molecule has 94 valence electrons. The lowest BCUT2D eigenvalue weighted by atomic mass is 10.1. The van der Waals surface area contributed by atoms with E-state index < -0.39 is 0 Å². The highest BCUT2D eigenvalue weighted by Crippen LogP contribution is 2.34. The first-order chi connectivity index (χ1) is 8.52. The van der Waals surface area contributed by atoms with Gasteiger partial charge in [0.05, 0.1) is 17.6 Å². The Labute approximate surface area is 123 Å². The number of ketones is 1. The zero-order valence-corrected chi connectivity index (χ0v) is 12.9. The summed E-state index contributed by atoms with van der Waals surface area (Å²) in [6.45, 7) is 1.94. The molecule has 0 aliphatic rings. The third-order valence-electron chi connectivity index (χ3n) is 2.47. The third kappa shape index (κ3) is 2.60. The first-order valence-corrected chi connectivity index (χ1v) is 7.16. The summed E-state index contributed by atoms with van der Waals surface area (Å²) in [6, 6.07) is 7.26. The molecule has 0 saturated heterocycles. The topological polar surface area (TPSA) is 26.3 Å². The SMILES string of the molecule is COc1ccc(C)cc1C(=O)c1cc(Br)c(Cl)s1. The fraction of sp³-hybridized carbons (Fsp3) is 0.154. The van der Waals surface area contributed by atoms with Crippen molar-refractivity contribution in [2.75, 3.05) is 7.11 Å². The second-order valence-corrected chi connectivity index (χ2v) is 6.27. The predicted molar refractivity (Wildman–Crippen MR) is 78.2 cm³/mol. The first-order valence-electron chi connectivity index (χ1n) is 5.17. The molecule has 0 aliphatic heterocycles. The minimum Gasteiger partial charge on any atom is -0.496 e. The smallest absolute Gasteiger partial charge is 0.206 e. The molecule has 1 heterocycles. The molecule has 18 heavy (non-hydrogen) atoms. The van der Waals surface area contributed by atoms with E-state index in [2.05, 4.69) is 15.9 Å². The fourth-order valence-electron chi connectivity index (χ4n) is 1.59. The van der Waals surface area contributed by atoms with Crippen molar-refractivity contribution in [1.29, 1.82) is 0 Å². The highest BCUT2D eigenvalue weighted by Gasteiger charge is 2.18. The van der Waals surface area contributed by atoms with Gasteiger partial charge in [-0.3, -0.25) is 4.79 Å². The molecule has 0 bridgehead atoms. The van der Waals surface area contributed by atoms with Crippen LogP contribution in [0.25, 0.3) is 0 Å². The summed E-state index contributed by atoms with van der Waals surface area (Å²) in [5.41, 5.74) is 1.57. The Morgan fingerprint density at radius 2 is 2.11 bits per heavy atom. The minimum atomic E-state index is -0.0758. The van der Waals surface area contributed by atoms with Crippen molar-refractivity contribution in [3.8, 4) is 5.75 Å². The molecule has 0 spiro atoms. The number of carbonyl (C=O) groups is 1. The number of aryl methyl sites for hydroxylation is 1. The van der Waals surface area contributed by atoms with Gasteiger partial charge in [0.15, 0.2) is 0 Å². The molecule has 0 fully saturated rings. The van der Waals surface area contributed by atoms with Gasteiger partial charge in [0.1, 0.15) is 10.1 Å². The van der Waals surface area contributed by atoms with Gasteiger partial charge in [-0.05, 0) is 41.1 Å². The number of ether oxygens (including phenoxy) is 1. The van der Waals surface area contributed by atoms with E-state index in [0.717, 1.165) is 10.0 Å². The molecule has 2 rings (SSSR count). The highest BCUT2D eigenvalue weighted by atomic mass is 79.9. The molecule has 0 radical (unpaired) electrons. The van der Waals surface area contributed by atoms with Crippen molar-refractivity contribution < 1.29 is 9.53 Å². The number of hydrogen-bond donors (Lipinski definition) is 0. The van der Waals surface area contributed by atoms with E-state index in [1.807, 2.05) is 19.1 Å².